The zero-order chi connectivity index (χ0) is 38.6. The van der Waals surface area contributed by atoms with Crippen LogP contribution < -0.4 is 10.1 Å². The van der Waals surface area contributed by atoms with Crippen LogP contribution in [0, 0.1) is 24.7 Å². The van der Waals surface area contributed by atoms with Crippen molar-refractivity contribution in [3.05, 3.63) is 114 Å². The summed E-state index contributed by atoms with van der Waals surface area (Å²) in [4.78, 5) is 14.6. The number of aryl methyl sites for hydroxylation is 2. The second kappa shape index (κ2) is 19.9. The number of ether oxygens (including phenoxy) is 1. The van der Waals surface area contributed by atoms with Crippen LogP contribution in [0.5, 0.6) is 5.75 Å². The molecule has 55 heavy (non-hydrogen) atoms. The van der Waals surface area contributed by atoms with E-state index in [4.69, 9.17) is 4.74 Å². The molecule has 4 aromatic rings. The molecule has 6 rings (SSSR count). The summed E-state index contributed by atoms with van der Waals surface area (Å²) in [5.74, 6) is -0.979. The molecule has 3 aromatic carbocycles. The summed E-state index contributed by atoms with van der Waals surface area (Å²) in [6, 6.07) is 23.0. The molecule has 0 amide bonds. The van der Waals surface area contributed by atoms with E-state index < -0.39 is 30.2 Å². The SMILES string of the molecule is Cc1ccc(CN2CCCC(Nc3ccc4[nH]ncc4c3)C2)cc1OCCC(CCC=CC[C@@H]1[C@@H](C=CC(O)CCc2ccccc2)[C@H](O)C[C@@H]1O)C(=O)O. The Bertz CT molecular complexity index is 1860. The predicted molar refractivity (Wildman–Crippen MR) is 217 cm³/mol. The molecule has 294 valence electrons. The monoisotopic (exact) mass is 750 g/mol. The van der Waals surface area contributed by atoms with E-state index in [1.165, 1.54) is 11.1 Å². The van der Waals surface area contributed by atoms with Gasteiger partial charge in [-0.05, 0) is 112 Å². The number of aliphatic hydroxyl groups excluding tert-OH is 3. The molecule has 2 fully saturated rings. The van der Waals surface area contributed by atoms with Crippen LogP contribution in [0.25, 0.3) is 10.9 Å². The number of H-pyrrole nitrogens is 1. The topological polar surface area (TPSA) is 151 Å². The number of aromatic nitrogens is 2. The molecular formula is C45H58N4O6. The summed E-state index contributed by atoms with van der Waals surface area (Å²) in [5.41, 5.74) is 5.51. The minimum absolute atomic E-state index is 0.164. The number of piperidine rings is 1. The molecule has 2 heterocycles. The minimum atomic E-state index is -0.828. The highest BCUT2D eigenvalue weighted by Crippen LogP contribution is 2.36. The molecule has 1 aromatic heterocycles. The van der Waals surface area contributed by atoms with Gasteiger partial charge in [-0.1, -0.05) is 66.8 Å². The van der Waals surface area contributed by atoms with Crippen molar-refractivity contribution in [3.63, 3.8) is 0 Å². The van der Waals surface area contributed by atoms with Crippen molar-refractivity contribution in [1.29, 1.82) is 0 Å². The average Bonchev–Trinajstić information content (AvgIpc) is 3.75. The number of carboxylic acids is 1. The maximum atomic E-state index is 12.1. The quantitative estimate of drug-likeness (QED) is 0.0554. The number of nitrogens with one attached hydrogen (secondary N) is 2. The number of anilines is 1. The summed E-state index contributed by atoms with van der Waals surface area (Å²) in [6.07, 6.45) is 13.5. The fourth-order valence-electron chi connectivity index (χ4n) is 8.13. The zero-order valence-electron chi connectivity index (χ0n) is 32.0. The van der Waals surface area contributed by atoms with Crippen molar-refractivity contribution in [2.24, 2.45) is 17.8 Å². The van der Waals surface area contributed by atoms with Crippen molar-refractivity contribution in [2.75, 3.05) is 25.0 Å². The largest absolute Gasteiger partial charge is 0.493 e. The van der Waals surface area contributed by atoms with Crippen molar-refractivity contribution >= 4 is 22.6 Å². The van der Waals surface area contributed by atoms with Crippen LogP contribution in [-0.2, 0) is 17.8 Å². The molecule has 10 nitrogen and oxygen atoms in total. The number of carboxylic acid groups (broad SMARTS) is 1. The number of likely N-dealkylation sites (tertiary alicyclic amines) is 1. The molecule has 10 heteroatoms. The lowest BCUT2D eigenvalue weighted by molar-refractivity contribution is -0.142. The van der Waals surface area contributed by atoms with Gasteiger partial charge in [0.25, 0.3) is 0 Å². The first kappa shape index (κ1) is 40.2. The smallest absolute Gasteiger partial charge is 0.306 e. The molecule has 1 aliphatic carbocycles. The van der Waals surface area contributed by atoms with Crippen molar-refractivity contribution in [1.82, 2.24) is 15.1 Å². The fraction of sp³-hybridized carbons (Fsp3) is 0.467. The number of benzene rings is 3. The number of hydrogen-bond acceptors (Lipinski definition) is 8. The highest BCUT2D eigenvalue weighted by molar-refractivity contribution is 5.81. The van der Waals surface area contributed by atoms with Crippen LogP contribution in [0.4, 0.5) is 5.69 Å². The average molecular weight is 751 g/mol. The van der Waals surface area contributed by atoms with Crippen LogP contribution in [0.15, 0.2) is 97.2 Å². The molecule has 0 radical (unpaired) electrons. The lowest BCUT2D eigenvalue weighted by atomic mass is 9.89. The van der Waals surface area contributed by atoms with Gasteiger partial charge in [-0.25, -0.2) is 0 Å². The molecule has 3 unspecified atom stereocenters. The van der Waals surface area contributed by atoms with Gasteiger partial charge in [0.2, 0.25) is 0 Å². The van der Waals surface area contributed by atoms with Crippen LogP contribution in [-0.4, -0.2) is 85.5 Å². The third kappa shape index (κ3) is 11.8. The van der Waals surface area contributed by atoms with Gasteiger partial charge in [0.15, 0.2) is 0 Å². The van der Waals surface area contributed by atoms with Crippen LogP contribution in [0.3, 0.4) is 0 Å². The van der Waals surface area contributed by atoms with Gasteiger partial charge in [0.05, 0.1) is 42.6 Å². The Morgan fingerprint density at radius 3 is 2.73 bits per heavy atom. The van der Waals surface area contributed by atoms with Crippen molar-refractivity contribution < 1.29 is 30.0 Å². The number of aromatic amines is 1. The number of aliphatic carboxylic acids is 1. The Hall–Kier alpha value is -4.48. The van der Waals surface area contributed by atoms with Crippen LogP contribution >= 0.6 is 0 Å². The molecular weight excluding hydrogens is 693 g/mol. The summed E-state index contributed by atoms with van der Waals surface area (Å²) in [7, 11) is 0. The molecule has 1 saturated heterocycles. The van der Waals surface area contributed by atoms with Gasteiger partial charge in [-0.3, -0.25) is 14.8 Å². The van der Waals surface area contributed by atoms with Gasteiger partial charge < -0.3 is 30.5 Å². The third-order valence-corrected chi connectivity index (χ3v) is 11.3. The van der Waals surface area contributed by atoms with Crippen LogP contribution in [0.1, 0.15) is 68.1 Å². The van der Waals surface area contributed by atoms with Crippen LogP contribution in [0.2, 0.25) is 0 Å². The van der Waals surface area contributed by atoms with E-state index in [1.807, 2.05) is 61.7 Å². The minimum Gasteiger partial charge on any atom is -0.493 e. The molecule has 0 bridgehead atoms. The first-order valence-electron chi connectivity index (χ1n) is 20.0. The normalized spacial score (nSPS) is 23.1. The van der Waals surface area contributed by atoms with E-state index in [0.29, 0.717) is 51.2 Å². The van der Waals surface area contributed by atoms with Gasteiger partial charge in [0.1, 0.15) is 5.75 Å². The number of hydrogen-bond donors (Lipinski definition) is 6. The first-order valence-corrected chi connectivity index (χ1v) is 20.0. The Balaban J connectivity index is 0.925. The molecule has 7 atom stereocenters. The van der Waals surface area contributed by atoms with Gasteiger partial charge in [0, 0.05) is 42.5 Å². The fourth-order valence-corrected chi connectivity index (χ4v) is 8.13. The van der Waals surface area contributed by atoms with E-state index in [-0.39, 0.29) is 11.8 Å². The Labute approximate surface area is 324 Å². The summed E-state index contributed by atoms with van der Waals surface area (Å²) in [5, 5.41) is 53.7. The lowest BCUT2D eigenvalue weighted by Gasteiger charge is -2.33. The van der Waals surface area contributed by atoms with Crippen molar-refractivity contribution in [2.45, 2.75) is 95.6 Å². The highest BCUT2D eigenvalue weighted by atomic mass is 16.5. The molecule has 1 aliphatic heterocycles. The van der Waals surface area contributed by atoms with E-state index in [2.05, 4.69) is 56.8 Å². The zero-order valence-corrected chi connectivity index (χ0v) is 32.0. The Morgan fingerprint density at radius 1 is 1.04 bits per heavy atom. The van der Waals surface area contributed by atoms with Crippen molar-refractivity contribution in [3.8, 4) is 5.75 Å². The van der Waals surface area contributed by atoms with E-state index in [0.717, 1.165) is 66.8 Å². The summed E-state index contributed by atoms with van der Waals surface area (Å²) in [6.45, 7) is 5.15. The summed E-state index contributed by atoms with van der Waals surface area (Å²) < 4.78 is 6.19. The maximum Gasteiger partial charge on any atom is 0.306 e. The second-order valence-electron chi connectivity index (χ2n) is 15.5. The molecule has 2 aliphatic rings. The van der Waals surface area contributed by atoms with E-state index >= 15 is 0 Å². The van der Waals surface area contributed by atoms with Gasteiger partial charge in [-0.2, -0.15) is 5.10 Å². The Morgan fingerprint density at radius 2 is 1.89 bits per heavy atom. The van der Waals surface area contributed by atoms with Gasteiger partial charge >= 0.3 is 5.97 Å². The maximum absolute atomic E-state index is 12.1. The second-order valence-corrected chi connectivity index (χ2v) is 15.5. The number of rotatable bonds is 19. The van der Waals surface area contributed by atoms with Gasteiger partial charge in [-0.15, -0.1) is 0 Å². The molecule has 6 N–H and O–H groups in total. The summed E-state index contributed by atoms with van der Waals surface area (Å²) >= 11 is 0. The van der Waals surface area contributed by atoms with E-state index in [1.54, 1.807) is 6.08 Å². The van der Waals surface area contributed by atoms with E-state index in [9.17, 15) is 25.2 Å². The number of aliphatic hydroxyl groups is 3. The highest BCUT2D eigenvalue weighted by Gasteiger charge is 2.39. The first-order chi connectivity index (χ1) is 26.7. The number of allylic oxidation sites excluding steroid dienone is 2. The predicted octanol–water partition coefficient (Wildman–Crippen LogP) is 7.05. The number of carbonyl (C=O) groups is 1. The number of fused-ring (bicyclic) bond motifs is 1. The standard InChI is InChI=1S/C45H58N4O6/c1-31-14-15-33(29-49-23-8-12-37(30-49)47-36-17-21-41-35(26-36)28-46-48-41)25-44(31)55-24-22-34(45(53)54)11-6-3-7-13-39-40(43(52)27-42(39)51)20-19-38(50)18-16-32-9-4-2-5-10-32/h2-5,7,9-10,14-15,17,19-21,25-26,28,34,37-40,42-43,47,50-52H,6,8,11-13,16,18,22-24,27,29-30H2,1H3,(H,46,48)(H,53,54)/t34?,37?,38?,39-,40-,42+,43-/m1/s1. The molecule has 0 spiro atoms. The third-order valence-electron chi connectivity index (χ3n) is 11.3. The lowest BCUT2D eigenvalue weighted by Crippen LogP contribution is -2.41. The molecule has 1 saturated carbocycles. The number of nitrogens with zero attached hydrogens (tertiary/aromatic N) is 2. The Kier molecular flexibility index (Phi) is 14.5.